The van der Waals surface area contributed by atoms with Gasteiger partial charge in [0.2, 0.25) is 5.91 Å². The Bertz CT molecular complexity index is 999. The van der Waals surface area contributed by atoms with Crippen molar-refractivity contribution in [1.29, 1.82) is 0 Å². The molecule has 30 heavy (non-hydrogen) atoms. The third-order valence-corrected chi connectivity index (χ3v) is 8.74. The Morgan fingerprint density at radius 3 is 3.00 bits per heavy atom. The molecule has 1 aromatic heterocycles. The number of ether oxygens (including phenoxy) is 1. The van der Waals surface area contributed by atoms with Crippen LogP contribution in [0.15, 0.2) is 47.8 Å². The van der Waals surface area contributed by atoms with Crippen molar-refractivity contribution >= 4 is 17.4 Å². The highest BCUT2D eigenvalue weighted by molar-refractivity contribution is 5.93. The van der Waals surface area contributed by atoms with Gasteiger partial charge in [-0.3, -0.25) is 14.6 Å². The molecule has 2 aliphatic heterocycles. The highest BCUT2D eigenvalue weighted by Crippen LogP contribution is 2.67. The van der Waals surface area contributed by atoms with Gasteiger partial charge < -0.3 is 10.1 Å². The van der Waals surface area contributed by atoms with Crippen LogP contribution in [-0.4, -0.2) is 27.9 Å². The molecule has 5 heteroatoms. The van der Waals surface area contributed by atoms with E-state index in [1.807, 2.05) is 12.1 Å². The summed E-state index contributed by atoms with van der Waals surface area (Å²) in [5.74, 6) is 0.682. The smallest absolute Gasteiger partial charge is 0.228 e. The van der Waals surface area contributed by atoms with Crippen molar-refractivity contribution in [3.63, 3.8) is 0 Å². The quantitative estimate of drug-likeness (QED) is 0.795. The number of pyridine rings is 1. The topological polar surface area (TPSA) is 68.3 Å². The number of ketones is 1. The van der Waals surface area contributed by atoms with Gasteiger partial charge in [0.15, 0.2) is 0 Å². The van der Waals surface area contributed by atoms with Crippen LogP contribution >= 0.6 is 0 Å². The second-order valence-electron chi connectivity index (χ2n) is 10.2. The molecular formula is C25H28N2O3. The standard InChI is InChI=1S/C25H28N2O3/c1-23-9-8-17-13-16-4-5-19(28)14-24(16)10-11-25(17,30-24)21(23)7-6-20(23)22(29)27-18-3-2-12-26-15-18/h2-3,8,12-13,15,20-21H,4-7,9-11,14H2,1H3,(H,27,29)/t20?,21-,23-,24-,25-/m1/s1. The summed E-state index contributed by atoms with van der Waals surface area (Å²) >= 11 is 0. The number of nitrogens with one attached hydrogen (secondary N) is 1. The van der Waals surface area contributed by atoms with E-state index in [1.54, 1.807) is 12.4 Å². The van der Waals surface area contributed by atoms with Crippen LogP contribution in [-0.2, 0) is 14.3 Å². The van der Waals surface area contributed by atoms with Gasteiger partial charge in [0.05, 0.1) is 23.1 Å². The van der Waals surface area contributed by atoms with Crippen LogP contribution in [0.1, 0.15) is 58.3 Å². The fourth-order valence-corrected chi connectivity index (χ4v) is 7.32. The molecule has 3 fully saturated rings. The van der Waals surface area contributed by atoms with Gasteiger partial charge in [0.1, 0.15) is 5.78 Å². The molecular weight excluding hydrogens is 376 g/mol. The van der Waals surface area contributed by atoms with Gasteiger partial charge in [-0.1, -0.05) is 19.1 Å². The minimum atomic E-state index is -0.374. The monoisotopic (exact) mass is 404 g/mol. The average Bonchev–Trinajstić information content (AvgIpc) is 3.24. The van der Waals surface area contributed by atoms with E-state index in [1.165, 1.54) is 11.1 Å². The molecule has 0 aromatic carbocycles. The van der Waals surface area contributed by atoms with Crippen molar-refractivity contribution < 1.29 is 14.3 Å². The zero-order valence-corrected chi connectivity index (χ0v) is 17.4. The predicted molar refractivity (Wildman–Crippen MR) is 113 cm³/mol. The maximum atomic E-state index is 13.3. The number of carbonyl (C=O) groups excluding carboxylic acids is 2. The highest BCUT2D eigenvalue weighted by atomic mass is 16.5. The fourth-order valence-electron chi connectivity index (χ4n) is 7.32. The van der Waals surface area contributed by atoms with Crippen molar-refractivity contribution in [2.24, 2.45) is 17.3 Å². The second kappa shape index (κ2) is 6.13. The molecule has 6 rings (SSSR count). The third kappa shape index (κ3) is 2.36. The van der Waals surface area contributed by atoms with Crippen molar-refractivity contribution in [3.8, 4) is 0 Å². The van der Waals surface area contributed by atoms with Crippen molar-refractivity contribution in [3.05, 3.63) is 47.8 Å². The minimum absolute atomic E-state index is 0.0478. The molecule has 5 nitrogen and oxygen atoms in total. The molecule has 1 amide bonds. The summed E-state index contributed by atoms with van der Waals surface area (Å²) in [6.45, 7) is 2.28. The van der Waals surface area contributed by atoms with Crippen molar-refractivity contribution in [2.45, 2.75) is 69.5 Å². The molecule has 1 unspecified atom stereocenters. The van der Waals surface area contributed by atoms with Crippen LogP contribution in [0.2, 0.25) is 0 Å². The summed E-state index contributed by atoms with van der Waals surface area (Å²) < 4.78 is 6.98. The summed E-state index contributed by atoms with van der Waals surface area (Å²) in [6, 6.07) is 3.72. The maximum Gasteiger partial charge on any atom is 0.228 e. The summed E-state index contributed by atoms with van der Waals surface area (Å²) in [4.78, 5) is 29.6. The largest absolute Gasteiger partial charge is 0.359 e. The zero-order chi connectivity index (χ0) is 20.6. The number of fused-ring (bicyclic) bond motifs is 1. The first-order valence-corrected chi connectivity index (χ1v) is 11.3. The van der Waals surface area contributed by atoms with E-state index in [0.717, 1.165) is 44.2 Å². The number of aromatic nitrogens is 1. The number of nitrogens with zero attached hydrogens (tertiary/aromatic N) is 1. The highest BCUT2D eigenvalue weighted by Gasteiger charge is 2.67. The number of amides is 1. The van der Waals surface area contributed by atoms with Gasteiger partial charge >= 0.3 is 0 Å². The van der Waals surface area contributed by atoms with Gasteiger partial charge in [-0.25, -0.2) is 0 Å². The Labute approximate surface area is 177 Å². The van der Waals surface area contributed by atoms with Crippen molar-refractivity contribution in [1.82, 2.24) is 4.98 Å². The predicted octanol–water partition coefficient (Wildman–Crippen LogP) is 4.36. The molecule has 2 saturated carbocycles. The molecule has 3 heterocycles. The number of hydrogen-bond acceptors (Lipinski definition) is 4. The minimum Gasteiger partial charge on any atom is -0.359 e. The molecule has 5 atom stereocenters. The van der Waals surface area contributed by atoms with Gasteiger partial charge in [-0.15, -0.1) is 0 Å². The van der Waals surface area contributed by atoms with Gasteiger partial charge in [-0.2, -0.15) is 0 Å². The Morgan fingerprint density at radius 2 is 2.17 bits per heavy atom. The van der Waals surface area contributed by atoms with E-state index < -0.39 is 0 Å². The average molecular weight is 405 g/mol. The summed E-state index contributed by atoms with van der Waals surface area (Å²) in [7, 11) is 0. The lowest BCUT2D eigenvalue weighted by molar-refractivity contribution is -0.149. The molecule has 1 saturated heterocycles. The van der Waals surface area contributed by atoms with Crippen LogP contribution in [0.3, 0.4) is 0 Å². The number of rotatable bonds is 2. The van der Waals surface area contributed by atoms with E-state index >= 15 is 0 Å². The van der Waals surface area contributed by atoms with Crippen LogP contribution in [0.4, 0.5) is 5.69 Å². The number of allylic oxidation sites excluding steroid dienone is 1. The van der Waals surface area contributed by atoms with E-state index in [4.69, 9.17) is 4.74 Å². The number of hydrogen-bond donors (Lipinski definition) is 1. The summed E-state index contributed by atoms with van der Waals surface area (Å²) in [5, 5.41) is 3.09. The first kappa shape index (κ1) is 18.5. The normalized spacial score (nSPS) is 41.3. The van der Waals surface area contributed by atoms with E-state index in [9.17, 15) is 9.59 Å². The lowest BCUT2D eigenvalue weighted by Gasteiger charge is -2.53. The Hall–Kier alpha value is -2.27. The number of carbonyl (C=O) groups is 2. The molecule has 2 spiro atoms. The molecule has 1 N–H and O–H groups in total. The molecule has 5 aliphatic rings. The fraction of sp³-hybridized carbons (Fsp3) is 0.560. The molecule has 1 aromatic rings. The Kier molecular flexibility index (Phi) is 3.78. The van der Waals surface area contributed by atoms with Gasteiger partial charge in [-0.05, 0) is 73.1 Å². The Morgan fingerprint density at radius 1 is 1.27 bits per heavy atom. The maximum absolute atomic E-state index is 13.3. The van der Waals surface area contributed by atoms with E-state index in [-0.39, 0.29) is 28.4 Å². The van der Waals surface area contributed by atoms with Crippen LogP contribution in [0.25, 0.3) is 0 Å². The van der Waals surface area contributed by atoms with Crippen LogP contribution < -0.4 is 5.32 Å². The third-order valence-electron chi connectivity index (χ3n) is 8.74. The second-order valence-corrected chi connectivity index (χ2v) is 10.2. The molecule has 3 aliphatic carbocycles. The first-order chi connectivity index (χ1) is 14.5. The number of anilines is 1. The lowest BCUT2D eigenvalue weighted by Crippen LogP contribution is -2.54. The SMILES string of the molecule is C[C@]12CC=C3C=C4CCC(=O)C[C@]45CC[C@]3(O5)[C@@H]1CCC2C(=O)Nc1cccnc1. The van der Waals surface area contributed by atoms with Gasteiger partial charge in [0, 0.05) is 25.0 Å². The summed E-state index contributed by atoms with van der Waals surface area (Å²) in [5.41, 5.74) is 2.57. The summed E-state index contributed by atoms with van der Waals surface area (Å²) in [6.07, 6.45) is 14.8. The Balaban J connectivity index is 1.34. The molecule has 0 radical (unpaired) electrons. The molecule has 156 valence electrons. The van der Waals surface area contributed by atoms with Crippen LogP contribution in [0, 0.1) is 17.3 Å². The number of Topliss-reactive ketones (excluding diaryl/α,β-unsaturated/α-hetero) is 1. The van der Waals surface area contributed by atoms with E-state index in [0.29, 0.717) is 24.5 Å². The molecule has 2 bridgehead atoms. The van der Waals surface area contributed by atoms with E-state index in [2.05, 4.69) is 29.4 Å². The van der Waals surface area contributed by atoms with Crippen LogP contribution in [0.5, 0.6) is 0 Å². The van der Waals surface area contributed by atoms with Crippen molar-refractivity contribution in [2.75, 3.05) is 5.32 Å². The first-order valence-electron chi connectivity index (χ1n) is 11.3. The van der Waals surface area contributed by atoms with Gasteiger partial charge in [0.25, 0.3) is 0 Å². The zero-order valence-electron chi connectivity index (χ0n) is 17.4. The lowest BCUT2D eigenvalue weighted by atomic mass is 9.58.